The van der Waals surface area contributed by atoms with Gasteiger partial charge >= 0.3 is 6.18 Å². The van der Waals surface area contributed by atoms with Gasteiger partial charge in [0.05, 0.1) is 132 Å². The second-order valence-electron chi connectivity index (χ2n) is 34.1. The number of benzene rings is 4. The van der Waals surface area contributed by atoms with E-state index in [9.17, 15) is 18.3 Å². The Kier molecular flexibility index (Phi) is 31.4. The Morgan fingerprint density at radius 3 is 1.09 bits per heavy atom. The predicted octanol–water partition coefficient (Wildman–Crippen LogP) is 15.6. The van der Waals surface area contributed by atoms with Crippen molar-refractivity contribution >= 4 is 90.2 Å². The molecule has 20 rings (SSSR count). The third-order valence-corrected chi connectivity index (χ3v) is 25.3. The summed E-state index contributed by atoms with van der Waals surface area (Å²) in [5, 5.41) is 23.3. The van der Waals surface area contributed by atoms with Crippen molar-refractivity contribution in [3.8, 4) is 40.5 Å². The van der Waals surface area contributed by atoms with Crippen LogP contribution in [-0.4, -0.2) is 240 Å². The predicted molar refractivity (Wildman–Crippen MR) is 504 cm³/mol. The topological polar surface area (TPSA) is 338 Å². The molecule has 4 aromatic carbocycles. The zero-order valence-electron chi connectivity index (χ0n) is 75.5. The summed E-state index contributed by atoms with van der Waals surface area (Å²) in [7, 11) is 3.21. The van der Waals surface area contributed by atoms with Crippen LogP contribution in [0.2, 0.25) is 0 Å². The summed E-state index contributed by atoms with van der Waals surface area (Å²) in [5.41, 5.74) is 11.1. The molecular formula is C98H117F3N20O12. The van der Waals surface area contributed by atoms with Gasteiger partial charge in [0.15, 0.2) is 5.75 Å². The van der Waals surface area contributed by atoms with Crippen LogP contribution in [0.3, 0.4) is 0 Å². The van der Waals surface area contributed by atoms with E-state index < -0.39 is 11.7 Å². The van der Waals surface area contributed by atoms with Gasteiger partial charge in [-0.3, -0.25) is 19.9 Å². The molecule has 8 fully saturated rings. The normalized spacial score (nSPS) is 21.2. The molecule has 4 aliphatic carbocycles. The number of alkyl halides is 3. The summed E-state index contributed by atoms with van der Waals surface area (Å²) in [5.74, 6) is 7.60. The summed E-state index contributed by atoms with van der Waals surface area (Å²) in [6, 6.07) is 33.2. The van der Waals surface area contributed by atoms with Crippen molar-refractivity contribution < 1.29 is 70.4 Å². The Labute approximate surface area is 771 Å². The highest BCUT2D eigenvalue weighted by Gasteiger charge is 2.34. The molecule has 8 aromatic heterocycles. The molecule has 4 saturated carbocycles. The van der Waals surface area contributed by atoms with Crippen LogP contribution in [0.25, 0.3) is 44.1 Å². The molecule has 0 spiro atoms. The van der Waals surface area contributed by atoms with Crippen LogP contribution in [0.5, 0.6) is 40.5 Å². The quantitative estimate of drug-likeness (QED) is 0.0355. The number of hydrogen-bond acceptors (Lipinski definition) is 32. The van der Waals surface area contributed by atoms with Gasteiger partial charge in [0.25, 0.3) is 5.88 Å². The lowest BCUT2D eigenvalue weighted by molar-refractivity contribution is -0.137. The molecule has 12 aromatic rings. The number of ether oxygens (including phenoxy) is 11. The summed E-state index contributed by atoms with van der Waals surface area (Å²) in [6.45, 7) is 15.2. The summed E-state index contributed by atoms with van der Waals surface area (Å²) in [6.07, 6.45) is 27.6. The molecule has 0 unspecified atom stereocenters. The first-order chi connectivity index (χ1) is 65.3. The SMILES string of the molecule is CCOc1cccc(NC2CCC(Oc3cc(N4CCOCC4)cc4nccnc34)CC2)n1.COc1ccc(NC2CCC(Oc3cc(N4CCOCC4)cc4nccnc34)CC2)nc1OC.FC(F)(F)c1ccnc(NC2CCC(Oc3cc(N4CCOCC4)cc4nccnc34)CC2)c1.OCc1cccnc1NC1CCC(Oc2cc(N3CCOCC3)cc3nccnc23)CC1. The number of fused-ring (bicyclic) bond motifs is 4. The third-order valence-electron chi connectivity index (χ3n) is 25.3. The fraction of sp³-hybridized carbons (Fsp3) is 0.469. The van der Waals surface area contributed by atoms with Crippen molar-refractivity contribution in [3.05, 3.63) is 176 Å². The van der Waals surface area contributed by atoms with Crippen LogP contribution >= 0.6 is 0 Å². The lowest BCUT2D eigenvalue weighted by Gasteiger charge is -2.31. The largest absolute Gasteiger partial charge is 0.491 e. The van der Waals surface area contributed by atoms with Gasteiger partial charge < -0.3 is 98.1 Å². The maximum absolute atomic E-state index is 13.0. The van der Waals surface area contributed by atoms with Crippen LogP contribution in [0.4, 0.5) is 59.2 Å². The molecular weight excluding hydrogens is 1710 g/mol. The Balaban J connectivity index is 0.000000124. The molecule has 0 radical (unpaired) electrons. The first kappa shape index (κ1) is 92.3. The molecule has 4 aliphatic heterocycles. The van der Waals surface area contributed by atoms with E-state index in [1.165, 1.54) is 6.20 Å². The molecule has 35 heteroatoms. The van der Waals surface area contributed by atoms with E-state index >= 15 is 0 Å². The Morgan fingerprint density at radius 1 is 0.361 bits per heavy atom. The lowest BCUT2D eigenvalue weighted by atomic mass is 9.92. The minimum absolute atomic E-state index is 0.00216. The number of nitrogens with one attached hydrogen (secondary N) is 4. The van der Waals surface area contributed by atoms with Crippen molar-refractivity contribution in [3.63, 3.8) is 0 Å². The third kappa shape index (κ3) is 24.7. The lowest BCUT2D eigenvalue weighted by Crippen LogP contribution is -2.36. The summed E-state index contributed by atoms with van der Waals surface area (Å²) < 4.78 is 103. The van der Waals surface area contributed by atoms with Crippen molar-refractivity contribution in [1.29, 1.82) is 0 Å². The highest BCUT2D eigenvalue weighted by atomic mass is 19.4. The fourth-order valence-electron chi connectivity index (χ4n) is 18.2. The van der Waals surface area contributed by atoms with Crippen LogP contribution < -0.4 is 74.0 Å². The minimum atomic E-state index is -4.38. The fourth-order valence-corrected chi connectivity index (χ4v) is 18.2. The molecule has 4 saturated heterocycles. The van der Waals surface area contributed by atoms with Gasteiger partial charge in [-0.05, 0) is 170 Å². The number of pyridine rings is 4. The second kappa shape index (κ2) is 45.2. The molecule has 0 bridgehead atoms. The molecule has 5 N–H and O–H groups in total. The van der Waals surface area contributed by atoms with Crippen molar-refractivity contribution in [2.75, 3.05) is 167 Å². The number of hydrogen-bond donors (Lipinski definition) is 5. The standard InChI is InChI=1S/C25H31N5O4.C25H31N5O3.C24H26F3N5O2.C24H29N5O3/c1-31-21-7-8-23(29-25(21)32-2)28-17-3-5-19(6-4-17)34-22-16-18(30-11-13-33-14-12-30)15-20-24(22)27-10-9-26-20;1-2-32-24-5-3-4-23(29-24)28-18-6-8-20(9-7-18)33-22-17-19(30-12-14-31-15-13-30)16-21-25(22)27-11-10-26-21;25-24(26,27)16-5-6-29-22(13-16)31-17-1-3-19(4-2-17)34-21-15-18(32-9-11-33-12-10-32)14-20-23(21)30-8-7-28-20;30-16-17-2-1-7-27-24(17)28-18-3-5-20(6-4-18)32-22-15-19(29-10-12-31-13-11-29)14-21-23(22)26-9-8-25-21/h7-10,15-17,19H,3-6,11-14H2,1-2H3,(H,28,29);3-5,10-11,16-18,20H,2,6-9,12-15H2,1H3,(H,28,29);5-8,13-15,17,19H,1-4,9-12H2,(H,29,31);1-2,7-9,14-15,18,20,30H,3-6,10-13,16H2,(H,27,28). The first-order valence-corrected chi connectivity index (χ1v) is 46.6. The molecule has 0 atom stereocenters. The van der Waals surface area contributed by atoms with E-state index in [1.807, 2.05) is 61.5 Å². The van der Waals surface area contributed by atoms with Gasteiger partial charge in [-0.25, -0.2) is 29.9 Å². The number of morpholine rings is 4. The van der Waals surface area contributed by atoms with Crippen LogP contribution in [0.1, 0.15) is 121 Å². The number of aromatic nitrogens is 12. The number of aliphatic hydroxyl groups is 1. The van der Waals surface area contributed by atoms with E-state index in [4.69, 9.17) is 52.1 Å². The van der Waals surface area contributed by atoms with E-state index in [-0.39, 0.29) is 42.9 Å². The van der Waals surface area contributed by atoms with Crippen LogP contribution in [-0.2, 0) is 31.7 Å². The maximum atomic E-state index is 13.0. The van der Waals surface area contributed by atoms with Crippen molar-refractivity contribution in [2.45, 2.75) is 171 Å². The molecule has 133 heavy (non-hydrogen) atoms. The highest BCUT2D eigenvalue weighted by molar-refractivity contribution is 5.88. The number of halogens is 3. The van der Waals surface area contributed by atoms with Crippen LogP contribution in [0, 0.1) is 0 Å². The highest BCUT2D eigenvalue weighted by Crippen LogP contribution is 2.41. The van der Waals surface area contributed by atoms with Gasteiger partial charge in [-0.2, -0.15) is 23.1 Å². The maximum Gasteiger partial charge on any atom is 0.416 e. The zero-order chi connectivity index (χ0) is 91.1. The van der Waals surface area contributed by atoms with E-state index in [2.05, 4.69) is 137 Å². The van der Waals surface area contributed by atoms with Gasteiger partial charge in [-0.1, -0.05) is 12.1 Å². The molecule has 8 aliphatic rings. The van der Waals surface area contributed by atoms with E-state index in [1.54, 1.807) is 70.0 Å². The van der Waals surface area contributed by atoms with Gasteiger partial charge in [0.2, 0.25) is 5.88 Å². The van der Waals surface area contributed by atoms with E-state index in [0.29, 0.717) is 61.2 Å². The number of nitrogens with zero attached hydrogens (tertiary/aromatic N) is 16. The van der Waals surface area contributed by atoms with Crippen molar-refractivity contribution in [2.24, 2.45) is 0 Å². The molecule has 0 amide bonds. The molecule has 32 nitrogen and oxygen atoms in total. The summed E-state index contributed by atoms with van der Waals surface area (Å²) >= 11 is 0. The Hall–Kier alpha value is -12.6. The average molecular weight is 1820 g/mol. The number of rotatable bonds is 25. The summed E-state index contributed by atoms with van der Waals surface area (Å²) in [4.78, 5) is 63.0. The smallest absolute Gasteiger partial charge is 0.416 e. The number of methoxy groups -OCH3 is 2. The molecule has 702 valence electrons. The number of aliphatic hydroxyl groups excluding tert-OH is 1. The Bertz CT molecular complexity index is 5750. The second-order valence-corrected chi connectivity index (χ2v) is 34.1. The van der Waals surface area contributed by atoms with E-state index in [0.717, 1.165) is 314 Å². The minimum Gasteiger partial charge on any atom is -0.491 e. The van der Waals surface area contributed by atoms with Crippen LogP contribution in [0.15, 0.2) is 165 Å². The van der Waals surface area contributed by atoms with Gasteiger partial charge in [0.1, 0.15) is 68.3 Å². The molecule has 12 heterocycles. The Morgan fingerprint density at radius 2 is 0.729 bits per heavy atom. The number of anilines is 8. The first-order valence-electron chi connectivity index (χ1n) is 46.6. The van der Waals surface area contributed by atoms with Gasteiger partial charge in [-0.15, -0.1) is 0 Å². The monoisotopic (exact) mass is 1820 g/mol. The zero-order valence-corrected chi connectivity index (χ0v) is 75.5. The van der Waals surface area contributed by atoms with Crippen molar-refractivity contribution in [1.82, 2.24) is 59.8 Å². The van der Waals surface area contributed by atoms with Gasteiger partial charge in [0, 0.05) is 197 Å². The average Bonchev–Trinajstić information content (AvgIpc) is 0.801.